The van der Waals surface area contributed by atoms with E-state index in [1.807, 2.05) is 0 Å². The molecule has 0 rings (SSSR count). The summed E-state index contributed by atoms with van der Waals surface area (Å²) in [6, 6.07) is 3.15. The van der Waals surface area contributed by atoms with Crippen molar-refractivity contribution in [2.24, 2.45) is 0 Å². The van der Waals surface area contributed by atoms with Gasteiger partial charge in [0.1, 0.15) is 0 Å². The van der Waals surface area contributed by atoms with E-state index < -0.39 is 0 Å². The molecule has 0 N–H and O–H groups in total. The molecule has 0 spiro atoms. The molecule has 1 heteroatoms. The molecule has 0 atom stereocenters. The van der Waals surface area contributed by atoms with E-state index in [1.165, 1.54) is 116 Å². The molecular weight excluding hydrogens is 292 g/mol. The maximum Gasteiger partial charge on any atom is 0.0280 e. The van der Waals surface area contributed by atoms with Crippen molar-refractivity contribution in [3.8, 4) is 0 Å². The minimum atomic E-state index is 0.783. The van der Waals surface area contributed by atoms with E-state index in [-0.39, 0.29) is 0 Å². The highest BCUT2D eigenvalue weighted by Crippen LogP contribution is 2.13. The molecule has 23 heavy (non-hydrogen) atoms. The molecule has 0 saturated heterocycles. The summed E-state index contributed by atoms with van der Waals surface area (Å²) in [7, 11) is 0.783. The predicted octanol–water partition coefficient (Wildman–Crippen LogP) is 8.32. The Morgan fingerprint density at radius 1 is 0.348 bits per heavy atom. The van der Waals surface area contributed by atoms with Crippen molar-refractivity contribution in [1.29, 1.82) is 0 Å². The van der Waals surface area contributed by atoms with Gasteiger partial charge < -0.3 is 0 Å². The van der Waals surface area contributed by atoms with Crippen LogP contribution in [0.3, 0.4) is 0 Å². The Labute approximate surface area is 151 Å². The first-order valence-corrected chi connectivity index (χ1v) is 12.9. The number of unbranched alkanes of at least 4 members (excludes halogenated alkanes) is 16. The van der Waals surface area contributed by atoms with Crippen LogP contribution in [0.5, 0.6) is 0 Å². The van der Waals surface area contributed by atoms with Crippen LogP contribution in [0.15, 0.2) is 0 Å². The summed E-state index contributed by atoms with van der Waals surface area (Å²) < 4.78 is 0. The quantitative estimate of drug-likeness (QED) is 0.154. The summed E-state index contributed by atoms with van der Waals surface area (Å²) in [4.78, 5) is 0. The molecule has 0 aromatic heterocycles. The lowest BCUT2D eigenvalue weighted by atomic mass is 10.1. The average Bonchev–Trinajstić information content (AvgIpc) is 2.57. The van der Waals surface area contributed by atoms with Gasteiger partial charge in [-0.2, -0.15) is 0 Å². The average molecular weight is 340 g/mol. The molecule has 0 amide bonds. The van der Waals surface area contributed by atoms with E-state index in [2.05, 4.69) is 13.8 Å². The molecule has 0 unspecified atom stereocenters. The Bertz CT molecular complexity index is 170. The monoisotopic (exact) mass is 339 g/mol. The van der Waals surface area contributed by atoms with Crippen molar-refractivity contribution in [1.82, 2.24) is 0 Å². The highest BCUT2D eigenvalue weighted by atomic mass is 28.2. The fraction of sp³-hybridized carbons (Fsp3) is 1.00. The highest BCUT2D eigenvalue weighted by molar-refractivity contribution is 6.35. The second-order valence-corrected chi connectivity index (χ2v) is 9.25. The van der Waals surface area contributed by atoms with Crippen LogP contribution in [0.25, 0.3) is 0 Å². The van der Waals surface area contributed by atoms with Crippen molar-refractivity contribution in [3.05, 3.63) is 0 Å². The van der Waals surface area contributed by atoms with Gasteiger partial charge in [0.15, 0.2) is 0 Å². The lowest BCUT2D eigenvalue weighted by Crippen LogP contribution is -1.90. The van der Waals surface area contributed by atoms with Gasteiger partial charge in [-0.05, 0) is 0 Å². The van der Waals surface area contributed by atoms with Gasteiger partial charge in [-0.1, -0.05) is 142 Å². The van der Waals surface area contributed by atoms with Gasteiger partial charge in [0, 0.05) is 9.52 Å². The molecule has 0 aliphatic carbocycles. The molecule has 139 valence electrons. The van der Waals surface area contributed by atoms with Gasteiger partial charge in [0.05, 0.1) is 0 Å². The van der Waals surface area contributed by atoms with Gasteiger partial charge in [-0.25, -0.2) is 0 Å². The highest BCUT2D eigenvalue weighted by Gasteiger charge is 1.95. The third-order valence-corrected chi connectivity index (χ3v) is 6.66. The van der Waals surface area contributed by atoms with Crippen LogP contribution in [0.4, 0.5) is 0 Å². The lowest BCUT2D eigenvalue weighted by molar-refractivity contribution is 0.569. The molecule has 0 heterocycles. The number of rotatable bonds is 20. The normalized spacial score (nSPS) is 11.2. The van der Waals surface area contributed by atoms with Crippen LogP contribution < -0.4 is 0 Å². The number of hydrogen-bond donors (Lipinski definition) is 0. The molecule has 0 bridgehead atoms. The largest absolute Gasteiger partial charge is 0.0654 e. The Morgan fingerprint density at radius 3 is 0.913 bits per heavy atom. The summed E-state index contributed by atoms with van der Waals surface area (Å²) in [5, 5.41) is 0. The maximum absolute atomic E-state index is 2.30. The van der Waals surface area contributed by atoms with Crippen LogP contribution in [0, 0.1) is 0 Å². The van der Waals surface area contributed by atoms with Crippen LogP contribution in [0.1, 0.15) is 129 Å². The first-order valence-electron chi connectivity index (χ1n) is 11.2. The molecule has 0 fully saturated rings. The van der Waals surface area contributed by atoms with E-state index in [9.17, 15) is 0 Å². The first-order chi connectivity index (χ1) is 11.4. The summed E-state index contributed by atoms with van der Waals surface area (Å²) in [6.45, 7) is 4.61. The van der Waals surface area contributed by atoms with Gasteiger partial charge in [0.2, 0.25) is 0 Å². The SMILES string of the molecule is CCCCCCCCCCC[SiH]CCCCCCCCCCC. The molecule has 1 radical (unpaired) electrons. The zero-order chi connectivity index (χ0) is 16.8. The summed E-state index contributed by atoms with van der Waals surface area (Å²) in [5.41, 5.74) is 0. The molecule has 0 aromatic carbocycles. The maximum atomic E-state index is 2.30. The van der Waals surface area contributed by atoms with Crippen LogP contribution >= 0.6 is 0 Å². The van der Waals surface area contributed by atoms with E-state index >= 15 is 0 Å². The third-order valence-electron chi connectivity index (χ3n) is 5.02. The minimum Gasteiger partial charge on any atom is -0.0654 e. The van der Waals surface area contributed by atoms with Gasteiger partial charge in [-0.15, -0.1) is 0 Å². The Balaban J connectivity index is 2.92. The second kappa shape index (κ2) is 22.2. The summed E-state index contributed by atoms with van der Waals surface area (Å²) >= 11 is 0. The zero-order valence-electron chi connectivity index (χ0n) is 16.7. The third kappa shape index (κ3) is 22.2. The minimum absolute atomic E-state index is 0.783. The molecule has 0 nitrogen and oxygen atoms in total. The molecule has 0 aliphatic rings. The van der Waals surface area contributed by atoms with Gasteiger partial charge >= 0.3 is 0 Å². The van der Waals surface area contributed by atoms with E-state index in [0.29, 0.717) is 0 Å². The summed E-state index contributed by atoms with van der Waals surface area (Å²) in [5.74, 6) is 0. The van der Waals surface area contributed by atoms with Crippen molar-refractivity contribution in [3.63, 3.8) is 0 Å². The first kappa shape index (κ1) is 23.2. The zero-order valence-corrected chi connectivity index (χ0v) is 17.9. The Kier molecular flexibility index (Phi) is 22.4. The molecule has 0 saturated carbocycles. The van der Waals surface area contributed by atoms with Crippen molar-refractivity contribution in [2.45, 2.75) is 142 Å². The van der Waals surface area contributed by atoms with E-state index in [4.69, 9.17) is 0 Å². The van der Waals surface area contributed by atoms with Crippen LogP contribution in [0.2, 0.25) is 12.1 Å². The van der Waals surface area contributed by atoms with E-state index in [0.717, 1.165) is 9.52 Å². The number of hydrogen-bond acceptors (Lipinski definition) is 0. The van der Waals surface area contributed by atoms with Crippen molar-refractivity contribution >= 4 is 9.52 Å². The molecule has 0 aromatic rings. The van der Waals surface area contributed by atoms with E-state index in [1.54, 1.807) is 12.1 Å². The lowest BCUT2D eigenvalue weighted by Gasteiger charge is -2.03. The summed E-state index contributed by atoms with van der Waals surface area (Å²) in [6.07, 6.45) is 26.6. The van der Waals surface area contributed by atoms with Crippen molar-refractivity contribution < 1.29 is 0 Å². The van der Waals surface area contributed by atoms with Crippen LogP contribution in [-0.2, 0) is 0 Å². The predicted molar refractivity (Wildman–Crippen MR) is 111 cm³/mol. The standard InChI is InChI=1S/C22H47Si/c1-3-5-7-9-11-13-15-17-19-21-23-22-20-18-16-14-12-10-8-6-4-2/h23H,3-22H2,1-2H3. The van der Waals surface area contributed by atoms with Crippen LogP contribution in [-0.4, -0.2) is 9.52 Å². The van der Waals surface area contributed by atoms with Gasteiger partial charge in [0.25, 0.3) is 0 Å². The second-order valence-electron chi connectivity index (χ2n) is 7.52. The fourth-order valence-corrected chi connectivity index (χ4v) is 4.79. The molecule has 0 aliphatic heterocycles. The molecular formula is C22H47Si. The van der Waals surface area contributed by atoms with Gasteiger partial charge in [-0.3, -0.25) is 0 Å². The topological polar surface area (TPSA) is 0 Å². The fourth-order valence-electron chi connectivity index (χ4n) is 3.34. The van der Waals surface area contributed by atoms with Crippen molar-refractivity contribution in [2.75, 3.05) is 0 Å². The Morgan fingerprint density at radius 2 is 0.609 bits per heavy atom. The Hall–Kier alpha value is 0.217. The smallest absolute Gasteiger partial charge is 0.0280 e.